The zero-order valence-corrected chi connectivity index (χ0v) is 10.7. The highest BCUT2D eigenvalue weighted by atomic mass is 16.5. The average molecular weight is 236 g/mol. The molecule has 1 fully saturated rings. The smallest absolute Gasteiger partial charge is 0.178 e. The molecule has 1 N–H and O–H groups in total. The van der Waals surface area contributed by atoms with Crippen molar-refractivity contribution < 1.29 is 9.53 Å². The van der Waals surface area contributed by atoms with Crippen LogP contribution in [0.3, 0.4) is 0 Å². The van der Waals surface area contributed by atoms with Gasteiger partial charge < -0.3 is 9.72 Å². The summed E-state index contributed by atoms with van der Waals surface area (Å²) in [5.74, 6) is 0.195. The fourth-order valence-electron chi connectivity index (χ4n) is 2.28. The van der Waals surface area contributed by atoms with Gasteiger partial charge in [0.1, 0.15) is 0 Å². The van der Waals surface area contributed by atoms with Gasteiger partial charge in [0, 0.05) is 29.5 Å². The van der Waals surface area contributed by atoms with Crippen LogP contribution in [0.2, 0.25) is 0 Å². The monoisotopic (exact) mass is 236 g/mol. The number of morpholine rings is 1. The third-order valence-corrected chi connectivity index (χ3v) is 3.30. The highest BCUT2D eigenvalue weighted by Crippen LogP contribution is 2.13. The summed E-state index contributed by atoms with van der Waals surface area (Å²) in [4.78, 5) is 17.6. The van der Waals surface area contributed by atoms with Gasteiger partial charge in [0.15, 0.2) is 5.78 Å². The number of ether oxygens (including phenoxy) is 1. The van der Waals surface area contributed by atoms with Crippen LogP contribution in [-0.4, -0.2) is 48.0 Å². The Bertz CT molecular complexity index is 412. The van der Waals surface area contributed by atoms with Gasteiger partial charge in [0.25, 0.3) is 0 Å². The molecule has 0 radical (unpaired) electrons. The Balaban J connectivity index is 2.03. The van der Waals surface area contributed by atoms with Gasteiger partial charge in [-0.3, -0.25) is 9.69 Å². The second-order valence-corrected chi connectivity index (χ2v) is 4.81. The van der Waals surface area contributed by atoms with Crippen molar-refractivity contribution in [2.75, 3.05) is 26.3 Å². The number of rotatable bonds is 3. The molecule has 0 aliphatic carbocycles. The van der Waals surface area contributed by atoms with E-state index in [0.29, 0.717) is 12.6 Å². The van der Waals surface area contributed by atoms with Crippen molar-refractivity contribution in [3.8, 4) is 0 Å². The van der Waals surface area contributed by atoms with E-state index in [9.17, 15) is 4.79 Å². The first kappa shape index (κ1) is 12.3. The predicted molar refractivity (Wildman–Crippen MR) is 66.5 cm³/mol. The third-order valence-electron chi connectivity index (χ3n) is 3.30. The van der Waals surface area contributed by atoms with Crippen LogP contribution in [0.1, 0.15) is 28.7 Å². The van der Waals surface area contributed by atoms with Crippen LogP contribution >= 0.6 is 0 Å². The Morgan fingerprint density at radius 3 is 2.94 bits per heavy atom. The Labute approximate surface area is 102 Å². The minimum Gasteiger partial charge on any atom is -0.379 e. The maximum atomic E-state index is 12.2. The molecule has 94 valence electrons. The van der Waals surface area contributed by atoms with E-state index in [1.807, 2.05) is 19.9 Å². The predicted octanol–water partition coefficient (Wildman–Crippen LogP) is 1.53. The Kier molecular flexibility index (Phi) is 3.64. The molecular formula is C13H20N2O2. The Morgan fingerprint density at radius 1 is 1.59 bits per heavy atom. The van der Waals surface area contributed by atoms with E-state index in [1.54, 1.807) is 0 Å². The molecule has 0 bridgehead atoms. The number of H-pyrrole nitrogens is 1. The summed E-state index contributed by atoms with van der Waals surface area (Å²) in [6.07, 6.45) is 0. The number of aromatic nitrogens is 1. The minimum atomic E-state index is 0.195. The molecule has 2 rings (SSSR count). The molecule has 0 spiro atoms. The fourth-order valence-corrected chi connectivity index (χ4v) is 2.28. The van der Waals surface area contributed by atoms with Crippen LogP contribution in [0, 0.1) is 13.8 Å². The highest BCUT2D eigenvalue weighted by Gasteiger charge is 2.22. The fraction of sp³-hybridized carbons (Fsp3) is 0.615. The first-order valence-corrected chi connectivity index (χ1v) is 6.09. The molecule has 0 aromatic carbocycles. The van der Waals surface area contributed by atoms with E-state index >= 15 is 0 Å². The average Bonchev–Trinajstić information content (AvgIpc) is 2.61. The van der Waals surface area contributed by atoms with Gasteiger partial charge in [0.05, 0.1) is 19.8 Å². The number of aromatic amines is 1. The summed E-state index contributed by atoms with van der Waals surface area (Å²) in [5.41, 5.74) is 2.83. The van der Waals surface area contributed by atoms with Crippen molar-refractivity contribution in [2.45, 2.75) is 26.8 Å². The molecule has 4 nitrogen and oxygen atoms in total. The first-order valence-electron chi connectivity index (χ1n) is 6.09. The van der Waals surface area contributed by atoms with Gasteiger partial charge in [0.2, 0.25) is 0 Å². The lowest BCUT2D eigenvalue weighted by molar-refractivity contribution is 0.00200. The molecule has 4 heteroatoms. The van der Waals surface area contributed by atoms with Gasteiger partial charge in [-0.05, 0) is 26.8 Å². The molecule has 0 saturated carbocycles. The lowest BCUT2D eigenvalue weighted by atomic mass is 10.1. The maximum Gasteiger partial charge on any atom is 0.178 e. The van der Waals surface area contributed by atoms with Crippen LogP contribution < -0.4 is 0 Å². The summed E-state index contributed by atoms with van der Waals surface area (Å²) < 4.78 is 5.37. The van der Waals surface area contributed by atoms with E-state index < -0.39 is 0 Å². The number of hydrogen-bond acceptors (Lipinski definition) is 3. The normalized spacial score (nSPS) is 21.7. The van der Waals surface area contributed by atoms with Gasteiger partial charge in [-0.25, -0.2) is 0 Å². The summed E-state index contributed by atoms with van der Waals surface area (Å²) in [6, 6.07) is 2.26. The molecule has 2 heterocycles. The van der Waals surface area contributed by atoms with Crippen LogP contribution in [0.15, 0.2) is 6.07 Å². The first-order chi connectivity index (χ1) is 8.08. The van der Waals surface area contributed by atoms with Gasteiger partial charge in [-0.2, -0.15) is 0 Å². The van der Waals surface area contributed by atoms with Crippen molar-refractivity contribution in [1.29, 1.82) is 0 Å². The van der Waals surface area contributed by atoms with Gasteiger partial charge in [-0.1, -0.05) is 0 Å². The maximum absolute atomic E-state index is 12.2. The number of carbonyl (C=O) groups excluding carboxylic acids is 1. The number of Topliss-reactive ketones (excluding diaryl/α,β-unsaturated/α-hetero) is 1. The SMILES string of the molecule is Cc1cc(C(=O)CN2CCOCC2C)c(C)[nH]1. The Hall–Kier alpha value is -1.13. The molecule has 1 unspecified atom stereocenters. The number of aryl methyl sites for hydroxylation is 2. The van der Waals surface area contributed by atoms with Crippen LogP contribution in [0.4, 0.5) is 0 Å². The molecule has 1 aromatic heterocycles. The molecule has 1 aliphatic rings. The van der Waals surface area contributed by atoms with E-state index in [1.165, 1.54) is 0 Å². The van der Waals surface area contributed by atoms with Crippen molar-refractivity contribution in [1.82, 2.24) is 9.88 Å². The van der Waals surface area contributed by atoms with Crippen molar-refractivity contribution >= 4 is 5.78 Å². The molecule has 1 saturated heterocycles. The number of carbonyl (C=O) groups is 1. The number of hydrogen-bond donors (Lipinski definition) is 1. The van der Waals surface area contributed by atoms with E-state index in [0.717, 1.165) is 36.7 Å². The molecule has 1 aromatic rings. The lowest BCUT2D eigenvalue weighted by Gasteiger charge is -2.32. The molecule has 1 aliphatic heterocycles. The molecule has 17 heavy (non-hydrogen) atoms. The van der Waals surface area contributed by atoms with Crippen molar-refractivity contribution in [3.05, 3.63) is 23.0 Å². The summed E-state index contributed by atoms with van der Waals surface area (Å²) in [5, 5.41) is 0. The molecular weight excluding hydrogens is 216 g/mol. The standard InChI is InChI=1S/C13H20N2O2/c1-9-6-12(11(3)14-9)13(16)7-15-4-5-17-8-10(15)2/h6,10,14H,4-5,7-8H2,1-3H3. The van der Waals surface area contributed by atoms with E-state index in [-0.39, 0.29) is 5.78 Å². The van der Waals surface area contributed by atoms with E-state index in [4.69, 9.17) is 4.74 Å². The third kappa shape index (κ3) is 2.76. The van der Waals surface area contributed by atoms with Crippen LogP contribution in [-0.2, 0) is 4.74 Å². The number of nitrogens with one attached hydrogen (secondary N) is 1. The zero-order chi connectivity index (χ0) is 12.4. The van der Waals surface area contributed by atoms with Gasteiger partial charge in [-0.15, -0.1) is 0 Å². The lowest BCUT2D eigenvalue weighted by Crippen LogP contribution is -2.46. The van der Waals surface area contributed by atoms with E-state index in [2.05, 4.69) is 16.8 Å². The van der Waals surface area contributed by atoms with Gasteiger partial charge >= 0.3 is 0 Å². The second kappa shape index (κ2) is 5.02. The topological polar surface area (TPSA) is 45.3 Å². The van der Waals surface area contributed by atoms with Crippen molar-refractivity contribution in [3.63, 3.8) is 0 Å². The quantitative estimate of drug-likeness (QED) is 0.810. The van der Waals surface area contributed by atoms with Crippen LogP contribution in [0.25, 0.3) is 0 Å². The minimum absolute atomic E-state index is 0.195. The Morgan fingerprint density at radius 2 is 2.35 bits per heavy atom. The second-order valence-electron chi connectivity index (χ2n) is 4.81. The summed E-state index contributed by atoms with van der Waals surface area (Å²) in [7, 11) is 0. The highest BCUT2D eigenvalue weighted by molar-refractivity contribution is 5.98. The van der Waals surface area contributed by atoms with Crippen molar-refractivity contribution in [2.24, 2.45) is 0 Å². The summed E-state index contributed by atoms with van der Waals surface area (Å²) in [6.45, 7) is 8.80. The summed E-state index contributed by atoms with van der Waals surface area (Å²) >= 11 is 0. The molecule has 0 amide bonds. The number of ketones is 1. The van der Waals surface area contributed by atoms with Crippen LogP contribution in [0.5, 0.6) is 0 Å². The molecule has 1 atom stereocenters. The zero-order valence-electron chi connectivity index (χ0n) is 10.7. The number of nitrogens with zero attached hydrogens (tertiary/aromatic N) is 1. The largest absolute Gasteiger partial charge is 0.379 e.